The third-order valence-electron chi connectivity index (χ3n) is 6.85. The summed E-state index contributed by atoms with van der Waals surface area (Å²) in [6.07, 6.45) is 9.19. The van der Waals surface area contributed by atoms with Crippen LogP contribution in [0.15, 0.2) is 48.3 Å². The number of aromatic nitrogens is 1. The highest BCUT2D eigenvalue weighted by Crippen LogP contribution is 2.49. The van der Waals surface area contributed by atoms with Gasteiger partial charge in [0.1, 0.15) is 18.1 Å². The number of benzene rings is 1. The Labute approximate surface area is 172 Å². The molecule has 2 bridgehead atoms. The highest BCUT2D eigenvalue weighted by molar-refractivity contribution is 5.64. The Morgan fingerprint density at radius 1 is 1.24 bits per heavy atom. The monoisotopic (exact) mass is 392 g/mol. The largest absolute Gasteiger partial charge is 0.497 e. The minimum atomic E-state index is -0.750. The molecule has 1 saturated carbocycles. The molecule has 1 saturated heterocycles. The lowest BCUT2D eigenvalue weighted by atomic mass is 9.63. The van der Waals surface area contributed by atoms with E-state index in [1.807, 2.05) is 36.5 Å². The maximum absolute atomic E-state index is 11.7. The first-order chi connectivity index (χ1) is 14.2. The minimum Gasteiger partial charge on any atom is -0.497 e. The summed E-state index contributed by atoms with van der Waals surface area (Å²) in [6.45, 7) is 3.32. The fourth-order valence-corrected chi connectivity index (χ4v) is 5.45. The molecule has 2 aliphatic heterocycles. The number of likely N-dealkylation sites (tertiary alicyclic amines) is 1. The number of fused-ring (bicyclic) bond motifs is 3. The number of rotatable bonds is 4. The van der Waals surface area contributed by atoms with Crippen LogP contribution in [-0.2, 0) is 5.60 Å². The van der Waals surface area contributed by atoms with Crippen molar-refractivity contribution in [3.8, 4) is 11.5 Å². The van der Waals surface area contributed by atoms with E-state index in [1.165, 1.54) is 12.0 Å². The van der Waals surface area contributed by atoms with Crippen LogP contribution in [0.5, 0.6) is 11.5 Å². The van der Waals surface area contributed by atoms with Crippen LogP contribution >= 0.6 is 0 Å². The van der Waals surface area contributed by atoms with E-state index in [1.54, 1.807) is 13.3 Å². The molecule has 1 aromatic carbocycles. The van der Waals surface area contributed by atoms with Crippen molar-refractivity contribution in [1.82, 2.24) is 9.88 Å². The quantitative estimate of drug-likeness (QED) is 0.863. The number of ether oxygens (including phenoxy) is 2. The van der Waals surface area contributed by atoms with Crippen molar-refractivity contribution >= 4 is 6.08 Å². The second-order valence-corrected chi connectivity index (χ2v) is 8.58. The van der Waals surface area contributed by atoms with E-state index in [4.69, 9.17) is 9.47 Å². The lowest BCUT2D eigenvalue weighted by molar-refractivity contribution is -0.145. The molecule has 5 heteroatoms. The Hall–Kier alpha value is -2.37. The Morgan fingerprint density at radius 2 is 2.07 bits per heavy atom. The van der Waals surface area contributed by atoms with E-state index in [9.17, 15) is 5.11 Å². The van der Waals surface area contributed by atoms with Gasteiger partial charge in [-0.1, -0.05) is 12.5 Å². The van der Waals surface area contributed by atoms with Gasteiger partial charge in [-0.2, -0.15) is 0 Å². The summed E-state index contributed by atoms with van der Waals surface area (Å²) in [5, 5.41) is 11.7. The van der Waals surface area contributed by atoms with Crippen molar-refractivity contribution in [2.24, 2.45) is 11.8 Å². The minimum absolute atomic E-state index is 0.247. The van der Waals surface area contributed by atoms with Crippen LogP contribution in [0.3, 0.4) is 0 Å². The molecule has 2 aromatic rings. The van der Waals surface area contributed by atoms with Gasteiger partial charge in [0.15, 0.2) is 0 Å². The fraction of sp³-hybridized carbons (Fsp3) is 0.458. The summed E-state index contributed by atoms with van der Waals surface area (Å²) < 4.78 is 11.3. The van der Waals surface area contributed by atoms with Crippen molar-refractivity contribution in [3.63, 3.8) is 0 Å². The van der Waals surface area contributed by atoms with Crippen LogP contribution in [0.2, 0.25) is 0 Å². The number of nitrogens with zero attached hydrogens (tertiary/aromatic N) is 2. The third kappa shape index (κ3) is 3.32. The van der Waals surface area contributed by atoms with Gasteiger partial charge in [0.05, 0.1) is 12.7 Å². The van der Waals surface area contributed by atoms with E-state index >= 15 is 0 Å². The van der Waals surface area contributed by atoms with Crippen LogP contribution in [0.25, 0.3) is 6.08 Å². The molecule has 0 spiro atoms. The van der Waals surface area contributed by atoms with Gasteiger partial charge in [-0.15, -0.1) is 0 Å². The SMILES string of the molecule is COc1ccc2c(c1)C=C(CN1CC3CCCC(C1)C3(O)c1cccnc1)CO2. The molecule has 3 heterocycles. The van der Waals surface area contributed by atoms with Gasteiger partial charge in [0.2, 0.25) is 0 Å². The van der Waals surface area contributed by atoms with E-state index in [0.29, 0.717) is 6.61 Å². The number of methoxy groups -OCH3 is 1. The van der Waals surface area contributed by atoms with Gasteiger partial charge in [0.25, 0.3) is 0 Å². The van der Waals surface area contributed by atoms with E-state index in [0.717, 1.165) is 55.1 Å². The van der Waals surface area contributed by atoms with Crippen molar-refractivity contribution in [3.05, 3.63) is 59.4 Å². The molecule has 1 N–H and O–H groups in total. The van der Waals surface area contributed by atoms with Crippen LogP contribution in [-0.4, -0.2) is 48.3 Å². The average molecular weight is 392 g/mol. The summed E-state index contributed by atoms with van der Waals surface area (Å²) >= 11 is 0. The molecule has 3 aliphatic rings. The standard InChI is InChI=1S/C24H28N2O3/c1-28-22-7-8-23-18(11-22)10-17(16-29-23)13-26-14-20-4-2-5-21(15-26)24(20,27)19-6-3-9-25-12-19/h3,6-12,20-21,27H,2,4-5,13-16H2,1H3. The number of hydrogen-bond acceptors (Lipinski definition) is 5. The molecule has 29 heavy (non-hydrogen) atoms. The zero-order valence-electron chi connectivity index (χ0n) is 16.9. The second-order valence-electron chi connectivity index (χ2n) is 8.58. The van der Waals surface area contributed by atoms with E-state index in [-0.39, 0.29) is 11.8 Å². The highest BCUT2D eigenvalue weighted by Gasteiger charge is 2.51. The van der Waals surface area contributed by atoms with Gasteiger partial charge < -0.3 is 14.6 Å². The maximum atomic E-state index is 11.7. The zero-order valence-corrected chi connectivity index (χ0v) is 16.9. The van der Waals surface area contributed by atoms with Crippen LogP contribution in [0.4, 0.5) is 0 Å². The molecule has 0 amide bonds. The molecular weight excluding hydrogens is 364 g/mol. The van der Waals surface area contributed by atoms with E-state index < -0.39 is 5.60 Å². The number of aliphatic hydroxyl groups is 1. The van der Waals surface area contributed by atoms with Gasteiger partial charge in [0, 0.05) is 55.0 Å². The molecular formula is C24H28N2O3. The first-order valence-electron chi connectivity index (χ1n) is 10.5. The zero-order chi connectivity index (χ0) is 19.8. The molecule has 5 rings (SSSR count). The fourth-order valence-electron chi connectivity index (χ4n) is 5.45. The Bertz CT molecular complexity index is 898. The summed E-state index contributed by atoms with van der Waals surface area (Å²) in [5.41, 5.74) is 2.58. The van der Waals surface area contributed by atoms with Gasteiger partial charge >= 0.3 is 0 Å². The van der Waals surface area contributed by atoms with Gasteiger partial charge in [-0.05, 0) is 48.8 Å². The Morgan fingerprint density at radius 3 is 2.79 bits per heavy atom. The predicted octanol–water partition coefficient (Wildman–Crippen LogP) is 3.49. The first-order valence-corrected chi connectivity index (χ1v) is 10.5. The van der Waals surface area contributed by atoms with Crippen molar-refractivity contribution in [2.75, 3.05) is 33.4 Å². The third-order valence-corrected chi connectivity index (χ3v) is 6.85. The average Bonchev–Trinajstić information content (AvgIpc) is 2.74. The second kappa shape index (κ2) is 7.47. The molecule has 0 radical (unpaired) electrons. The molecule has 2 fully saturated rings. The number of hydrogen-bond donors (Lipinski definition) is 1. The molecule has 1 aromatic heterocycles. The van der Waals surface area contributed by atoms with Crippen LogP contribution < -0.4 is 9.47 Å². The summed E-state index contributed by atoms with van der Waals surface area (Å²) in [7, 11) is 1.69. The van der Waals surface area contributed by atoms with Crippen LogP contribution in [0, 0.1) is 11.8 Å². The molecule has 2 unspecified atom stereocenters. The highest BCUT2D eigenvalue weighted by atomic mass is 16.5. The van der Waals surface area contributed by atoms with Crippen molar-refractivity contribution in [1.29, 1.82) is 0 Å². The van der Waals surface area contributed by atoms with Crippen molar-refractivity contribution < 1.29 is 14.6 Å². The number of piperidine rings is 1. The lowest BCUT2D eigenvalue weighted by Gasteiger charge is -2.53. The summed E-state index contributed by atoms with van der Waals surface area (Å²) in [6, 6.07) is 9.91. The number of pyridine rings is 1. The van der Waals surface area contributed by atoms with Gasteiger partial charge in [-0.25, -0.2) is 0 Å². The maximum Gasteiger partial charge on any atom is 0.127 e. The molecule has 152 valence electrons. The normalized spacial score (nSPS) is 28.8. The Kier molecular flexibility index (Phi) is 4.80. The molecule has 1 aliphatic carbocycles. The van der Waals surface area contributed by atoms with E-state index in [2.05, 4.69) is 16.0 Å². The topological polar surface area (TPSA) is 54.8 Å². The molecule has 5 nitrogen and oxygen atoms in total. The predicted molar refractivity (Wildman–Crippen MR) is 112 cm³/mol. The summed E-state index contributed by atoms with van der Waals surface area (Å²) in [5.74, 6) is 2.25. The lowest BCUT2D eigenvalue weighted by Crippen LogP contribution is -2.58. The molecule has 2 atom stereocenters. The first kappa shape index (κ1) is 18.6. The van der Waals surface area contributed by atoms with Crippen LogP contribution in [0.1, 0.15) is 30.4 Å². The smallest absolute Gasteiger partial charge is 0.127 e. The van der Waals surface area contributed by atoms with Gasteiger partial charge in [-0.3, -0.25) is 9.88 Å². The Balaban J connectivity index is 1.35. The summed E-state index contributed by atoms with van der Waals surface area (Å²) in [4.78, 5) is 6.77. The van der Waals surface area contributed by atoms with Crippen molar-refractivity contribution in [2.45, 2.75) is 24.9 Å².